The van der Waals surface area contributed by atoms with Crippen LogP contribution in [0.15, 0.2) is 60.7 Å². The zero-order chi connectivity index (χ0) is 28.2. The third-order valence-electron chi connectivity index (χ3n) is 9.48. The summed E-state index contributed by atoms with van der Waals surface area (Å²) in [6.45, 7) is 6.67. The largest absolute Gasteiger partial charge is 0.434 e. The number of halogens is 1. The standard InChI is InChI=1S/C32H37BrO7/c1-18(2)22-16-15-19(3)17-23(22)37-28-26(31(29(34)40-28)25-27(36-4)39-30(35)32(25,31)33)38-24(20-11-7-5-8-12-20)21-13-9-6-10-14-21/h5-14,18-19,22-28H,15-17H2,1-4H3/t19-,22+,23-,25-,26+,27-,28-,31-,32-/m1/s1. The van der Waals surface area contributed by atoms with Crippen LogP contribution in [0.3, 0.4) is 0 Å². The first-order valence-electron chi connectivity index (χ1n) is 14.3. The topological polar surface area (TPSA) is 80.3 Å². The van der Waals surface area contributed by atoms with Crippen LogP contribution in [0.2, 0.25) is 0 Å². The van der Waals surface area contributed by atoms with Crippen LogP contribution in [0.1, 0.15) is 57.3 Å². The number of carbonyl (C=O) groups is 2. The van der Waals surface area contributed by atoms with Gasteiger partial charge >= 0.3 is 11.9 Å². The Balaban J connectivity index is 1.42. The van der Waals surface area contributed by atoms with E-state index in [1.807, 2.05) is 60.7 Å². The summed E-state index contributed by atoms with van der Waals surface area (Å²) in [7, 11) is 1.47. The van der Waals surface area contributed by atoms with Crippen molar-refractivity contribution in [1.29, 1.82) is 0 Å². The van der Waals surface area contributed by atoms with Gasteiger partial charge in [0.15, 0.2) is 4.32 Å². The number of rotatable bonds is 8. The summed E-state index contributed by atoms with van der Waals surface area (Å²) in [5.41, 5.74) is 0.505. The molecule has 0 unspecified atom stereocenters. The zero-order valence-corrected chi connectivity index (χ0v) is 24.9. The van der Waals surface area contributed by atoms with Crippen molar-refractivity contribution in [1.82, 2.24) is 0 Å². The van der Waals surface area contributed by atoms with E-state index in [1.54, 1.807) is 0 Å². The molecule has 7 nitrogen and oxygen atoms in total. The highest BCUT2D eigenvalue weighted by Crippen LogP contribution is 2.78. The van der Waals surface area contributed by atoms with Gasteiger partial charge in [0, 0.05) is 7.11 Å². The minimum absolute atomic E-state index is 0.0928. The predicted octanol–water partition coefficient (Wildman–Crippen LogP) is 5.80. The smallest absolute Gasteiger partial charge is 0.327 e. The molecule has 8 heteroatoms. The van der Waals surface area contributed by atoms with Crippen molar-refractivity contribution in [2.75, 3.05) is 7.11 Å². The van der Waals surface area contributed by atoms with Gasteiger partial charge in [-0.2, -0.15) is 0 Å². The maximum absolute atomic E-state index is 13.9. The number of methoxy groups -OCH3 is 1. The lowest BCUT2D eigenvalue weighted by Gasteiger charge is -2.39. The number of fused-ring (bicyclic) bond motifs is 3. The molecule has 2 aromatic carbocycles. The van der Waals surface area contributed by atoms with E-state index in [4.69, 9.17) is 23.7 Å². The first kappa shape index (κ1) is 27.9. The SMILES string of the molecule is CO[C@@H]1OC(=O)[C@]2(Br)[C@H]1[C@@]21C(=O)O[C@@H](O[C@@H]2C[C@H](C)CC[C@H]2C(C)C)[C@@H]1OC(c1ccccc1)c1ccccc1. The summed E-state index contributed by atoms with van der Waals surface area (Å²) >= 11 is 3.64. The molecule has 1 spiro atoms. The van der Waals surface area contributed by atoms with Crippen LogP contribution in [-0.2, 0) is 33.3 Å². The lowest BCUT2D eigenvalue weighted by atomic mass is 9.75. The zero-order valence-electron chi connectivity index (χ0n) is 23.3. The van der Waals surface area contributed by atoms with Gasteiger partial charge < -0.3 is 23.7 Å². The van der Waals surface area contributed by atoms with Crippen molar-refractivity contribution in [2.24, 2.45) is 29.1 Å². The van der Waals surface area contributed by atoms with Crippen molar-refractivity contribution in [3.63, 3.8) is 0 Å². The maximum atomic E-state index is 13.9. The van der Waals surface area contributed by atoms with E-state index in [9.17, 15) is 9.59 Å². The summed E-state index contributed by atoms with van der Waals surface area (Å²) < 4.78 is 29.5. The van der Waals surface area contributed by atoms with Crippen molar-refractivity contribution >= 4 is 27.9 Å². The van der Waals surface area contributed by atoms with Crippen molar-refractivity contribution in [3.05, 3.63) is 71.8 Å². The van der Waals surface area contributed by atoms with E-state index >= 15 is 0 Å². The summed E-state index contributed by atoms with van der Waals surface area (Å²) in [6, 6.07) is 19.7. The normalized spacial score (nSPS) is 38.5. The van der Waals surface area contributed by atoms with E-state index in [0.717, 1.165) is 30.4 Å². The average molecular weight is 614 g/mol. The fraction of sp³-hybridized carbons (Fsp3) is 0.562. The molecule has 0 radical (unpaired) electrons. The van der Waals surface area contributed by atoms with E-state index in [0.29, 0.717) is 17.8 Å². The summed E-state index contributed by atoms with van der Waals surface area (Å²) in [5.74, 6) is -0.422. The molecule has 214 valence electrons. The second kappa shape index (κ2) is 10.5. The molecule has 6 rings (SSSR count). The Morgan fingerprint density at radius 2 is 1.50 bits per heavy atom. The highest BCUT2D eigenvalue weighted by atomic mass is 79.9. The average Bonchev–Trinajstić information content (AvgIpc) is 3.28. The first-order chi connectivity index (χ1) is 19.2. The fourth-order valence-electron chi connectivity index (χ4n) is 7.35. The van der Waals surface area contributed by atoms with Gasteiger partial charge in [0.25, 0.3) is 0 Å². The Morgan fingerprint density at radius 1 is 0.900 bits per heavy atom. The Morgan fingerprint density at radius 3 is 2.08 bits per heavy atom. The summed E-state index contributed by atoms with van der Waals surface area (Å²) in [6.07, 6.45) is -0.294. The molecule has 0 N–H and O–H groups in total. The monoisotopic (exact) mass is 612 g/mol. The van der Waals surface area contributed by atoms with Gasteiger partial charge in [-0.3, -0.25) is 9.59 Å². The fourth-order valence-corrected chi connectivity index (χ4v) is 8.54. The Labute approximate surface area is 244 Å². The molecule has 0 amide bonds. The van der Waals surface area contributed by atoms with Crippen LogP contribution in [0.4, 0.5) is 0 Å². The molecule has 0 bridgehead atoms. The van der Waals surface area contributed by atoms with Gasteiger partial charge in [-0.05, 0) is 41.7 Å². The van der Waals surface area contributed by atoms with E-state index in [1.165, 1.54) is 7.11 Å². The molecule has 40 heavy (non-hydrogen) atoms. The molecule has 2 saturated heterocycles. The molecule has 2 saturated carbocycles. The molecule has 2 aromatic rings. The number of cyclic esters (lactones) is 2. The Bertz CT molecular complexity index is 1200. The van der Waals surface area contributed by atoms with E-state index < -0.39 is 52.4 Å². The minimum Gasteiger partial charge on any atom is -0.434 e. The highest BCUT2D eigenvalue weighted by Gasteiger charge is 2.96. The maximum Gasteiger partial charge on any atom is 0.327 e. The number of hydrogen-bond donors (Lipinski definition) is 0. The van der Waals surface area contributed by atoms with Crippen LogP contribution in [0, 0.1) is 29.1 Å². The molecular formula is C32H37BrO7. The molecule has 9 atom stereocenters. The third kappa shape index (κ3) is 4.17. The number of esters is 2. The lowest BCUT2D eigenvalue weighted by Crippen LogP contribution is -2.45. The Kier molecular flexibility index (Phi) is 7.35. The molecule has 0 aromatic heterocycles. The van der Waals surface area contributed by atoms with Crippen LogP contribution in [0.5, 0.6) is 0 Å². The molecule has 2 aliphatic heterocycles. The Hall–Kier alpha value is -2.26. The van der Waals surface area contributed by atoms with E-state index in [-0.39, 0.29) is 6.10 Å². The van der Waals surface area contributed by atoms with Gasteiger partial charge in [-0.1, -0.05) is 104 Å². The number of benzene rings is 2. The number of hydrogen-bond acceptors (Lipinski definition) is 7. The van der Waals surface area contributed by atoms with Crippen molar-refractivity contribution in [2.45, 2.75) is 75.2 Å². The molecular weight excluding hydrogens is 576 g/mol. The molecule has 4 fully saturated rings. The van der Waals surface area contributed by atoms with E-state index in [2.05, 4.69) is 36.7 Å². The van der Waals surface area contributed by atoms with Gasteiger partial charge in [-0.15, -0.1) is 0 Å². The molecule has 2 aliphatic carbocycles. The quantitative estimate of drug-likeness (QED) is 0.275. The number of alkyl halides is 1. The van der Waals surface area contributed by atoms with Crippen molar-refractivity contribution in [3.8, 4) is 0 Å². The van der Waals surface area contributed by atoms with Crippen LogP contribution in [0.25, 0.3) is 0 Å². The van der Waals surface area contributed by atoms with Gasteiger partial charge in [0.2, 0.25) is 12.6 Å². The van der Waals surface area contributed by atoms with Crippen molar-refractivity contribution < 1.29 is 33.3 Å². The number of ether oxygens (including phenoxy) is 5. The molecule has 2 heterocycles. The lowest BCUT2D eigenvalue weighted by molar-refractivity contribution is -0.220. The van der Waals surface area contributed by atoms with Crippen LogP contribution >= 0.6 is 15.9 Å². The predicted molar refractivity (Wildman–Crippen MR) is 150 cm³/mol. The van der Waals surface area contributed by atoms with Crippen LogP contribution < -0.4 is 0 Å². The van der Waals surface area contributed by atoms with Gasteiger partial charge in [0.05, 0.1) is 12.0 Å². The van der Waals surface area contributed by atoms with Crippen LogP contribution in [-0.4, -0.2) is 48.2 Å². The van der Waals surface area contributed by atoms with Gasteiger partial charge in [0.1, 0.15) is 17.6 Å². The highest BCUT2D eigenvalue weighted by molar-refractivity contribution is 9.10. The second-order valence-corrected chi connectivity index (χ2v) is 13.4. The summed E-state index contributed by atoms with van der Waals surface area (Å²) in [5, 5.41) is 0. The number of carbonyl (C=O) groups excluding carboxylic acids is 2. The third-order valence-corrected chi connectivity index (χ3v) is 11.0. The first-order valence-corrected chi connectivity index (χ1v) is 15.1. The molecule has 4 aliphatic rings. The minimum atomic E-state index is -1.34. The van der Waals surface area contributed by atoms with Gasteiger partial charge in [-0.25, -0.2) is 0 Å². The summed E-state index contributed by atoms with van der Waals surface area (Å²) in [4.78, 5) is 27.1. The second-order valence-electron chi connectivity index (χ2n) is 12.1.